The van der Waals surface area contributed by atoms with Gasteiger partial charge in [0, 0.05) is 24.2 Å². The van der Waals surface area contributed by atoms with Gasteiger partial charge in [0.1, 0.15) is 5.76 Å². The first-order chi connectivity index (χ1) is 12.4. The Kier molecular flexibility index (Phi) is 8.87. The van der Waals surface area contributed by atoms with Crippen LogP contribution in [0.5, 0.6) is 11.5 Å². The van der Waals surface area contributed by atoms with Crippen molar-refractivity contribution in [1.29, 1.82) is 0 Å². The van der Waals surface area contributed by atoms with Crippen LogP contribution in [0, 0.1) is 0 Å². The summed E-state index contributed by atoms with van der Waals surface area (Å²) in [5.74, 6) is 3.44. The van der Waals surface area contributed by atoms with Gasteiger partial charge >= 0.3 is 0 Å². The molecular weight excluding hydrogens is 459 g/mol. The summed E-state index contributed by atoms with van der Waals surface area (Å²) in [5.41, 5.74) is 0.773. The lowest BCUT2D eigenvalue weighted by Gasteiger charge is -2.14. The van der Waals surface area contributed by atoms with Crippen LogP contribution in [0.3, 0.4) is 0 Å². The number of nitrogens with zero attached hydrogens (tertiary/aromatic N) is 2. The molecule has 2 N–H and O–H groups in total. The number of hydrogen-bond acceptors (Lipinski definition) is 5. The van der Waals surface area contributed by atoms with Crippen LogP contribution in [0.25, 0.3) is 0 Å². The van der Waals surface area contributed by atoms with E-state index in [1.807, 2.05) is 25.1 Å². The number of oxazole rings is 1. The Morgan fingerprint density at radius 1 is 1.26 bits per heavy atom. The molecule has 150 valence electrons. The van der Waals surface area contributed by atoms with Gasteiger partial charge in [0.15, 0.2) is 17.5 Å². The van der Waals surface area contributed by atoms with Crippen molar-refractivity contribution in [1.82, 2.24) is 10.3 Å². The van der Waals surface area contributed by atoms with Gasteiger partial charge in [-0.05, 0) is 19.1 Å². The van der Waals surface area contributed by atoms with Gasteiger partial charge in [-0.25, -0.2) is 4.98 Å². The Morgan fingerprint density at radius 2 is 2.00 bits per heavy atom. The molecule has 0 atom stereocenters. The lowest BCUT2D eigenvalue weighted by molar-refractivity contribution is 0.311. The van der Waals surface area contributed by atoms with Crippen LogP contribution in [-0.4, -0.2) is 31.7 Å². The number of methoxy groups -OCH3 is 1. The maximum absolute atomic E-state index is 5.78. The number of ether oxygens (including phenoxy) is 2. The van der Waals surface area contributed by atoms with Gasteiger partial charge in [-0.1, -0.05) is 20.8 Å². The van der Waals surface area contributed by atoms with Gasteiger partial charge in [0.05, 0.1) is 26.5 Å². The Labute approximate surface area is 178 Å². The summed E-state index contributed by atoms with van der Waals surface area (Å²) in [6, 6.07) is 5.62. The van der Waals surface area contributed by atoms with Crippen molar-refractivity contribution in [3.8, 4) is 11.5 Å². The SMILES string of the molecule is CCOc1cc(NC(=NC)NCc2ncc(C(C)(C)C)o2)ccc1OC.I. The van der Waals surface area contributed by atoms with Gasteiger partial charge in [-0.15, -0.1) is 24.0 Å². The van der Waals surface area contributed by atoms with Crippen molar-refractivity contribution in [3.63, 3.8) is 0 Å². The van der Waals surface area contributed by atoms with Crippen LogP contribution in [0.1, 0.15) is 39.3 Å². The number of aliphatic imine (C=N–C) groups is 1. The number of anilines is 1. The molecule has 0 aliphatic heterocycles. The number of aromatic nitrogens is 1. The molecular formula is C19H29IN4O3. The number of hydrogen-bond donors (Lipinski definition) is 2. The summed E-state index contributed by atoms with van der Waals surface area (Å²) in [6.45, 7) is 9.19. The second-order valence-corrected chi connectivity index (χ2v) is 6.72. The third-order valence-electron chi connectivity index (χ3n) is 3.65. The molecule has 0 amide bonds. The second kappa shape index (κ2) is 10.4. The molecule has 0 fully saturated rings. The highest BCUT2D eigenvalue weighted by Crippen LogP contribution is 2.30. The first-order valence-corrected chi connectivity index (χ1v) is 8.61. The number of rotatable bonds is 6. The quantitative estimate of drug-likeness (QED) is 0.361. The second-order valence-electron chi connectivity index (χ2n) is 6.72. The molecule has 1 heterocycles. The zero-order chi connectivity index (χ0) is 19.2. The van der Waals surface area contributed by atoms with Crippen LogP contribution in [0.2, 0.25) is 0 Å². The summed E-state index contributed by atoms with van der Waals surface area (Å²) >= 11 is 0. The average molecular weight is 488 g/mol. The van der Waals surface area contributed by atoms with E-state index < -0.39 is 0 Å². The smallest absolute Gasteiger partial charge is 0.213 e. The number of halogens is 1. The lowest BCUT2D eigenvalue weighted by Crippen LogP contribution is -2.30. The Hall–Kier alpha value is -1.97. The molecule has 2 rings (SSSR count). The third-order valence-corrected chi connectivity index (χ3v) is 3.65. The van der Waals surface area contributed by atoms with Gasteiger partial charge in [-0.3, -0.25) is 4.99 Å². The van der Waals surface area contributed by atoms with E-state index >= 15 is 0 Å². The standard InChI is InChI=1S/C19H28N4O3.HI/c1-7-25-15-10-13(8-9-14(15)24-6)23-18(20-5)22-12-17-21-11-16(26-17)19(2,3)4;/h8-11H,7,12H2,1-6H3,(H2,20,22,23);1H. The highest BCUT2D eigenvalue weighted by Gasteiger charge is 2.19. The average Bonchev–Trinajstić information content (AvgIpc) is 3.08. The first kappa shape index (κ1) is 23.1. The summed E-state index contributed by atoms with van der Waals surface area (Å²) in [5, 5.41) is 6.41. The molecule has 0 aliphatic carbocycles. The Balaban J connectivity index is 0.00000364. The van der Waals surface area contributed by atoms with E-state index in [-0.39, 0.29) is 29.4 Å². The monoisotopic (exact) mass is 488 g/mol. The minimum Gasteiger partial charge on any atom is -0.493 e. The maximum atomic E-state index is 5.78. The maximum Gasteiger partial charge on any atom is 0.213 e. The van der Waals surface area contributed by atoms with Gasteiger partial charge < -0.3 is 24.5 Å². The minimum atomic E-state index is -0.0655. The third kappa shape index (κ3) is 6.60. The summed E-state index contributed by atoms with van der Waals surface area (Å²) in [7, 11) is 3.33. The van der Waals surface area contributed by atoms with Crippen molar-refractivity contribution in [3.05, 3.63) is 36.0 Å². The van der Waals surface area contributed by atoms with Crippen molar-refractivity contribution in [2.24, 2.45) is 4.99 Å². The highest BCUT2D eigenvalue weighted by molar-refractivity contribution is 14.0. The molecule has 2 aromatic rings. The predicted octanol–water partition coefficient (Wildman–Crippen LogP) is 4.18. The normalized spacial score (nSPS) is 11.6. The van der Waals surface area contributed by atoms with Crippen molar-refractivity contribution in [2.45, 2.75) is 39.7 Å². The molecule has 0 radical (unpaired) electrons. The fourth-order valence-electron chi connectivity index (χ4n) is 2.24. The number of guanidine groups is 1. The lowest BCUT2D eigenvalue weighted by atomic mass is 9.94. The van der Waals surface area contributed by atoms with E-state index in [0.29, 0.717) is 36.5 Å². The van der Waals surface area contributed by atoms with E-state index in [2.05, 4.69) is 41.4 Å². The van der Waals surface area contributed by atoms with Crippen molar-refractivity contribution >= 4 is 35.6 Å². The molecule has 8 heteroatoms. The molecule has 7 nitrogen and oxygen atoms in total. The molecule has 0 unspecified atom stereocenters. The van der Waals surface area contributed by atoms with E-state index in [9.17, 15) is 0 Å². The molecule has 0 aliphatic rings. The molecule has 27 heavy (non-hydrogen) atoms. The molecule has 1 aromatic heterocycles. The van der Waals surface area contributed by atoms with Gasteiger partial charge in [0.25, 0.3) is 0 Å². The molecule has 0 saturated heterocycles. The molecule has 0 bridgehead atoms. The zero-order valence-corrected chi connectivity index (χ0v) is 19.1. The molecule has 0 spiro atoms. The van der Waals surface area contributed by atoms with Gasteiger partial charge in [0.2, 0.25) is 5.89 Å². The van der Waals surface area contributed by atoms with Crippen LogP contribution >= 0.6 is 24.0 Å². The van der Waals surface area contributed by atoms with Crippen LogP contribution in [-0.2, 0) is 12.0 Å². The fourth-order valence-corrected chi connectivity index (χ4v) is 2.24. The Bertz CT molecular complexity index is 754. The highest BCUT2D eigenvalue weighted by atomic mass is 127. The van der Waals surface area contributed by atoms with Crippen molar-refractivity contribution in [2.75, 3.05) is 26.1 Å². The van der Waals surface area contributed by atoms with E-state index in [4.69, 9.17) is 13.9 Å². The summed E-state index contributed by atoms with van der Waals surface area (Å²) < 4.78 is 16.7. The van der Waals surface area contributed by atoms with Crippen LogP contribution in [0.4, 0.5) is 5.69 Å². The van der Waals surface area contributed by atoms with E-state index in [1.54, 1.807) is 20.4 Å². The van der Waals surface area contributed by atoms with Crippen molar-refractivity contribution < 1.29 is 13.9 Å². The van der Waals surface area contributed by atoms with E-state index in [1.165, 1.54) is 0 Å². The molecule has 1 aromatic carbocycles. The van der Waals surface area contributed by atoms with E-state index in [0.717, 1.165) is 11.4 Å². The largest absolute Gasteiger partial charge is 0.493 e. The molecule has 0 saturated carbocycles. The van der Waals surface area contributed by atoms with Gasteiger partial charge in [-0.2, -0.15) is 0 Å². The topological polar surface area (TPSA) is 80.9 Å². The Morgan fingerprint density at radius 3 is 2.56 bits per heavy atom. The van der Waals surface area contributed by atoms with Crippen LogP contribution in [0.15, 0.2) is 33.8 Å². The summed E-state index contributed by atoms with van der Waals surface area (Å²) in [4.78, 5) is 8.53. The zero-order valence-electron chi connectivity index (χ0n) is 16.8. The summed E-state index contributed by atoms with van der Waals surface area (Å²) in [6.07, 6.45) is 1.77. The first-order valence-electron chi connectivity index (χ1n) is 8.61. The minimum absolute atomic E-state index is 0. The fraction of sp³-hybridized carbons (Fsp3) is 0.474. The number of benzene rings is 1. The predicted molar refractivity (Wildman–Crippen MR) is 119 cm³/mol. The number of nitrogens with one attached hydrogen (secondary N) is 2. The van der Waals surface area contributed by atoms with Crippen LogP contribution < -0.4 is 20.1 Å².